The van der Waals surface area contributed by atoms with Crippen molar-refractivity contribution in [3.8, 4) is 11.5 Å². The maximum atomic E-state index is 12.6. The molecular formula is C20H23N3O5. The van der Waals surface area contributed by atoms with Crippen molar-refractivity contribution in [1.82, 2.24) is 4.98 Å². The van der Waals surface area contributed by atoms with Crippen LogP contribution in [0, 0.1) is 16.0 Å². The van der Waals surface area contributed by atoms with Gasteiger partial charge in [0.05, 0.1) is 18.6 Å². The number of hydrogen-bond donors (Lipinski definition) is 1. The van der Waals surface area contributed by atoms with Crippen LogP contribution in [0.4, 0.5) is 11.5 Å². The van der Waals surface area contributed by atoms with Crippen LogP contribution in [0.5, 0.6) is 11.5 Å². The van der Waals surface area contributed by atoms with Crippen molar-refractivity contribution in [2.45, 2.75) is 32.1 Å². The minimum absolute atomic E-state index is 0.0934. The lowest BCUT2D eigenvalue weighted by molar-refractivity contribution is -0.385. The van der Waals surface area contributed by atoms with Crippen molar-refractivity contribution in [2.75, 3.05) is 19.0 Å². The van der Waals surface area contributed by atoms with E-state index in [4.69, 9.17) is 9.47 Å². The van der Waals surface area contributed by atoms with Crippen molar-refractivity contribution in [1.29, 1.82) is 0 Å². The molecule has 28 heavy (non-hydrogen) atoms. The molecule has 148 valence electrons. The van der Waals surface area contributed by atoms with Crippen LogP contribution in [0.15, 0.2) is 36.5 Å². The van der Waals surface area contributed by atoms with Crippen LogP contribution >= 0.6 is 0 Å². The Balaban J connectivity index is 1.72. The molecule has 1 fully saturated rings. The molecule has 1 aliphatic carbocycles. The largest absolute Gasteiger partial charge is 0.490 e. The predicted octanol–water partition coefficient (Wildman–Crippen LogP) is 4.21. The fourth-order valence-corrected chi connectivity index (χ4v) is 3.32. The zero-order valence-corrected chi connectivity index (χ0v) is 15.7. The second-order valence-corrected chi connectivity index (χ2v) is 6.76. The lowest BCUT2D eigenvalue weighted by Gasteiger charge is -2.22. The summed E-state index contributed by atoms with van der Waals surface area (Å²) >= 11 is 0. The highest BCUT2D eigenvalue weighted by molar-refractivity contribution is 6.05. The highest BCUT2D eigenvalue weighted by atomic mass is 16.6. The standard InChI is InChI=1S/C20H23N3O5/c1-27-17-10-9-15(12-16(17)23(25)26)20(24)22-19-18(8-5-11-21-19)28-13-14-6-3-2-4-7-14/h5,8-12,14H,2-4,6-7,13H2,1H3,(H,21,22,24). The van der Waals surface area contributed by atoms with Crippen molar-refractivity contribution in [3.63, 3.8) is 0 Å². The first kappa shape index (κ1) is 19.6. The molecule has 8 nitrogen and oxygen atoms in total. The van der Waals surface area contributed by atoms with Crippen LogP contribution in [-0.2, 0) is 0 Å². The first-order chi connectivity index (χ1) is 13.6. The average Bonchev–Trinajstić information content (AvgIpc) is 2.73. The van der Waals surface area contributed by atoms with Crippen molar-refractivity contribution in [3.05, 3.63) is 52.2 Å². The molecule has 3 rings (SSSR count). The molecule has 1 aromatic heterocycles. The average molecular weight is 385 g/mol. The predicted molar refractivity (Wildman–Crippen MR) is 104 cm³/mol. The van der Waals surface area contributed by atoms with E-state index in [1.165, 1.54) is 44.6 Å². The van der Waals surface area contributed by atoms with Crippen LogP contribution < -0.4 is 14.8 Å². The number of rotatable bonds is 7. The van der Waals surface area contributed by atoms with Gasteiger partial charge in [0, 0.05) is 17.8 Å². The number of hydrogen-bond acceptors (Lipinski definition) is 6. The number of carbonyl (C=O) groups excluding carboxylic acids is 1. The number of carbonyl (C=O) groups is 1. The lowest BCUT2D eigenvalue weighted by Crippen LogP contribution is -2.18. The Bertz CT molecular complexity index is 849. The quantitative estimate of drug-likeness (QED) is 0.566. The van der Waals surface area contributed by atoms with Crippen LogP contribution in [0.3, 0.4) is 0 Å². The maximum absolute atomic E-state index is 12.6. The Kier molecular flexibility index (Phi) is 6.41. The van der Waals surface area contributed by atoms with Gasteiger partial charge in [-0.3, -0.25) is 14.9 Å². The fourth-order valence-electron chi connectivity index (χ4n) is 3.32. The molecule has 0 spiro atoms. The third-order valence-electron chi connectivity index (χ3n) is 4.84. The molecule has 0 bridgehead atoms. The van der Waals surface area contributed by atoms with E-state index in [1.807, 2.05) is 0 Å². The zero-order chi connectivity index (χ0) is 19.9. The molecule has 1 N–H and O–H groups in total. The van der Waals surface area contributed by atoms with Gasteiger partial charge in [0.15, 0.2) is 17.3 Å². The molecule has 0 saturated heterocycles. The number of anilines is 1. The highest BCUT2D eigenvalue weighted by Crippen LogP contribution is 2.29. The van der Waals surface area contributed by atoms with Crippen LogP contribution in [0.2, 0.25) is 0 Å². The Morgan fingerprint density at radius 3 is 2.75 bits per heavy atom. The Hall–Kier alpha value is -3.16. The summed E-state index contributed by atoms with van der Waals surface area (Å²) < 4.78 is 10.9. The number of methoxy groups -OCH3 is 1. The van der Waals surface area contributed by atoms with Gasteiger partial charge in [-0.1, -0.05) is 19.3 Å². The van der Waals surface area contributed by atoms with Crippen molar-refractivity contribution >= 4 is 17.4 Å². The molecular weight excluding hydrogens is 362 g/mol. The van der Waals surface area contributed by atoms with Crippen LogP contribution in [-0.4, -0.2) is 29.5 Å². The number of aromatic nitrogens is 1. The van der Waals surface area contributed by atoms with Gasteiger partial charge in [0.2, 0.25) is 0 Å². The van der Waals surface area contributed by atoms with Gasteiger partial charge in [-0.05, 0) is 43.0 Å². The summed E-state index contributed by atoms with van der Waals surface area (Å²) in [7, 11) is 1.34. The SMILES string of the molecule is COc1ccc(C(=O)Nc2ncccc2OCC2CCCCC2)cc1[N+](=O)[O-]. The van der Waals surface area contributed by atoms with Gasteiger partial charge in [-0.25, -0.2) is 4.98 Å². The van der Waals surface area contributed by atoms with Crippen LogP contribution in [0.1, 0.15) is 42.5 Å². The Morgan fingerprint density at radius 1 is 1.25 bits per heavy atom. The molecule has 1 saturated carbocycles. The topological polar surface area (TPSA) is 104 Å². The minimum Gasteiger partial charge on any atom is -0.490 e. The normalized spacial score (nSPS) is 14.3. The van der Waals surface area contributed by atoms with Gasteiger partial charge < -0.3 is 14.8 Å². The molecule has 2 aromatic rings. The molecule has 1 heterocycles. The maximum Gasteiger partial charge on any atom is 0.311 e. The molecule has 1 aromatic carbocycles. The molecule has 0 unspecified atom stereocenters. The van der Waals surface area contributed by atoms with E-state index in [-0.39, 0.29) is 17.0 Å². The molecule has 0 atom stereocenters. The number of nitro groups is 1. The first-order valence-electron chi connectivity index (χ1n) is 9.30. The summed E-state index contributed by atoms with van der Waals surface area (Å²) in [5.74, 6) is 0.885. The summed E-state index contributed by atoms with van der Waals surface area (Å²) in [5.41, 5.74) is -0.138. The molecule has 1 aliphatic rings. The monoisotopic (exact) mass is 385 g/mol. The third kappa shape index (κ3) is 4.76. The smallest absolute Gasteiger partial charge is 0.311 e. The van der Waals surface area contributed by atoms with Gasteiger partial charge >= 0.3 is 5.69 Å². The van der Waals surface area contributed by atoms with Crippen molar-refractivity contribution in [2.24, 2.45) is 5.92 Å². The van der Waals surface area contributed by atoms with E-state index in [9.17, 15) is 14.9 Å². The van der Waals surface area contributed by atoms with Gasteiger partial charge in [-0.15, -0.1) is 0 Å². The number of ether oxygens (including phenoxy) is 2. The number of amides is 1. The summed E-state index contributed by atoms with van der Waals surface area (Å²) in [4.78, 5) is 27.3. The van der Waals surface area contributed by atoms with E-state index in [0.717, 1.165) is 12.8 Å². The number of pyridine rings is 1. The molecule has 0 aliphatic heterocycles. The summed E-state index contributed by atoms with van der Waals surface area (Å²) in [5, 5.41) is 13.8. The highest BCUT2D eigenvalue weighted by Gasteiger charge is 2.20. The number of benzene rings is 1. The van der Waals surface area contributed by atoms with Gasteiger partial charge in [-0.2, -0.15) is 0 Å². The Labute approximate surface area is 163 Å². The number of nitrogens with one attached hydrogen (secondary N) is 1. The van der Waals surface area contributed by atoms with E-state index in [0.29, 0.717) is 24.1 Å². The zero-order valence-electron chi connectivity index (χ0n) is 15.7. The first-order valence-corrected chi connectivity index (χ1v) is 9.30. The van der Waals surface area contributed by atoms with E-state index in [2.05, 4.69) is 10.3 Å². The summed E-state index contributed by atoms with van der Waals surface area (Å²) in [6.07, 6.45) is 7.58. The Morgan fingerprint density at radius 2 is 2.04 bits per heavy atom. The van der Waals surface area contributed by atoms with E-state index < -0.39 is 10.8 Å². The van der Waals surface area contributed by atoms with Crippen LogP contribution in [0.25, 0.3) is 0 Å². The summed E-state index contributed by atoms with van der Waals surface area (Å²) in [6.45, 7) is 0.586. The second-order valence-electron chi connectivity index (χ2n) is 6.76. The fraction of sp³-hybridized carbons (Fsp3) is 0.400. The molecule has 1 amide bonds. The lowest BCUT2D eigenvalue weighted by atomic mass is 9.90. The van der Waals surface area contributed by atoms with Gasteiger partial charge in [0.1, 0.15) is 0 Å². The van der Waals surface area contributed by atoms with E-state index in [1.54, 1.807) is 18.3 Å². The van der Waals surface area contributed by atoms with Crippen molar-refractivity contribution < 1.29 is 19.2 Å². The molecule has 0 radical (unpaired) electrons. The molecule has 8 heteroatoms. The van der Waals surface area contributed by atoms with E-state index >= 15 is 0 Å². The third-order valence-corrected chi connectivity index (χ3v) is 4.84. The number of nitro benzene ring substituents is 1. The number of nitrogens with zero attached hydrogens (tertiary/aromatic N) is 2. The van der Waals surface area contributed by atoms with Gasteiger partial charge in [0.25, 0.3) is 5.91 Å². The minimum atomic E-state index is -0.588. The second kappa shape index (κ2) is 9.16. The summed E-state index contributed by atoms with van der Waals surface area (Å²) in [6, 6.07) is 7.53.